The molecule has 0 saturated heterocycles. The van der Waals surface area contributed by atoms with Crippen molar-refractivity contribution >= 4 is 39.5 Å². The molecule has 19 heteroatoms. The highest BCUT2D eigenvalue weighted by Crippen LogP contribution is 2.45. The zero-order valence-electron chi connectivity index (χ0n) is 62.3. The molecule has 0 aliphatic rings. The predicted octanol–water partition coefficient (Wildman–Crippen LogP) is 22.1. The highest BCUT2D eigenvalue weighted by molar-refractivity contribution is 7.47. The fraction of sp³-hybridized carbons (Fsp3) is 0.679. The van der Waals surface area contributed by atoms with Crippen LogP contribution in [-0.4, -0.2) is 96.7 Å². The number of carbonyl (C=O) groups is 4. The van der Waals surface area contributed by atoms with E-state index in [1.807, 2.05) is 12.2 Å². The first-order valence-corrected chi connectivity index (χ1v) is 41.4. The zero-order chi connectivity index (χ0) is 73.2. The summed E-state index contributed by atoms with van der Waals surface area (Å²) < 4.78 is 68.3. The topological polar surface area (TPSA) is 237 Å². The number of esters is 4. The molecule has 5 unspecified atom stereocenters. The number of hydrogen-bond donors (Lipinski definition) is 3. The lowest BCUT2D eigenvalue weighted by Gasteiger charge is -2.21. The molecule has 5 atom stereocenters. The van der Waals surface area contributed by atoms with Gasteiger partial charge in [-0.1, -0.05) is 290 Å². The van der Waals surface area contributed by atoms with Crippen LogP contribution in [0, 0.1) is 0 Å². The fourth-order valence-corrected chi connectivity index (χ4v) is 11.5. The molecule has 0 rings (SSSR count). The first kappa shape index (κ1) is 95.2. The first-order chi connectivity index (χ1) is 48.7. The third kappa shape index (κ3) is 71.6. The second-order valence-electron chi connectivity index (χ2n) is 25.2. The van der Waals surface area contributed by atoms with Gasteiger partial charge in [-0.3, -0.25) is 37.3 Å². The molecule has 0 spiro atoms. The summed E-state index contributed by atoms with van der Waals surface area (Å²) in [5.41, 5.74) is 0. The maximum Gasteiger partial charge on any atom is 0.472 e. The lowest BCUT2D eigenvalue weighted by Crippen LogP contribution is -2.30. The number of allylic oxidation sites excluding steroid dienone is 21. The second-order valence-corrected chi connectivity index (χ2v) is 28.1. The van der Waals surface area contributed by atoms with Crippen molar-refractivity contribution in [2.24, 2.45) is 0 Å². The van der Waals surface area contributed by atoms with Crippen LogP contribution in [0.2, 0.25) is 0 Å². The van der Waals surface area contributed by atoms with E-state index < -0.39 is 97.5 Å². The Morgan fingerprint density at radius 1 is 0.300 bits per heavy atom. The number of aliphatic hydroxyl groups is 1. The molecule has 0 fully saturated rings. The smallest absolute Gasteiger partial charge is 0.462 e. The molecule has 0 aliphatic heterocycles. The van der Waals surface area contributed by atoms with E-state index in [0.29, 0.717) is 25.7 Å². The third-order valence-corrected chi connectivity index (χ3v) is 17.6. The molecule has 0 bridgehead atoms. The molecule has 572 valence electrons. The number of ether oxygens (including phenoxy) is 4. The van der Waals surface area contributed by atoms with Crippen LogP contribution in [0.5, 0.6) is 0 Å². The highest BCUT2D eigenvalue weighted by atomic mass is 31.2. The van der Waals surface area contributed by atoms with Crippen LogP contribution in [0.15, 0.2) is 134 Å². The van der Waals surface area contributed by atoms with Crippen LogP contribution in [0.3, 0.4) is 0 Å². The Morgan fingerprint density at radius 2 is 0.560 bits per heavy atom. The van der Waals surface area contributed by atoms with Gasteiger partial charge in [-0.05, 0) is 116 Å². The van der Waals surface area contributed by atoms with Crippen molar-refractivity contribution < 1.29 is 80.2 Å². The summed E-state index contributed by atoms with van der Waals surface area (Å²) in [5, 5.41) is 10.6. The number of hydrogen-bond acceptors (Lipinski definition) is 15. The molecule has 0 heterocycles. The maximum absolute atomic E-state index is 13.1. The quantitative estimate of drug-likeness (QED) is 0.0169. The largest absolute Gasteiger partial charge is 0.472 e. The Morgan fingerprint density at radius 3 is 0.890 bits per heavy atom. The number of unbranched alkanes of at least 4 members (excludes halogenated alkanes) is 24. The van der Waals surface area contributed by atoms with Gasteiger partial charge in [0, 0.05) is 19.3 Å². The van der Waals surface area contributed by atoms with Crippen molar-refractivity contribution in [2.75, 3.05) is 39.6 Å². The van der Waals surface area contributed by atoms with E-state index in [2.05, 4.69) is 137 Å². The number of aliphatic hydroxyl groups excluding tert-OH is 1. The lowest BCUT2D eigenvalue weighted by molar-refractivity contribution is -0.161. The van der Waals surface area contributed by atoms with Gasteiger partial charge in [0.15, 0.2) is 12.2 Å². The van der Waals surface area contributed by atoms with E-state index >= 15 is 0 Å². The zero-order valence-corrected chi connectivity index (χ0v) is 64.1. The number of rotatable bonds is 71. The summed E-state index contributed by atoms with van der Waals surface area (Å²) >= 11 is 0. The van der Waals surface area contributed by atoms with E-state index in [9.17, 15) is 43.2 Å². The minimum Gasteiger partial charge on any atom is -0.462 e. The summed E-state index contributed by atoms with van der Waals surface area (Å²) in [5.74, 6) is -2.34. The van der Waals surface area contributed by atoms with Crippen LogP contribution in [-0.2, 0) is 65.4 Å². The molecule has 0 aliphatic carbocycles. The second kappa shape index (κ2) is 72.5. The van der Waals surface area contributed by atoms with E-state index in [-0.39, 0.29) is 25.7 Å². The van der Waals surface area contributed by atoms with Gasteiger partial charge in [0.1, 0.15) is 19.3 Å². The van der Waals surface area contributed by atoms with Gasteiger partial charge >= 0.3 is 39.5 Å². The molecule has 100 heavy (non-hydrogen) atoms. The minimum atomic E-state index is -5.00. The molecule has 0 saturated carbocycles. The average molecular weight is 1440 g/mol. The molecule has 0 amide bonds. The number of phosphoric acid groups is 2. The van der Waals surface area contributed by atoms with Crippen molar-refractivity contribution in [3.8, 4) is 0 Å². The van der Waals surface area contributed by atoms with E-state index in [0.717, 1.165) is 180 Å². The fourth-order valence-electron chi connectivity index (χ4n) is 9.91. The summed E-state index contributed by atoms with van der Waals surface area (Å²) in [6.07, 6.45) is 80.5. The van der Waals surface area contributed by atoms with Crippen molar-refractivity contribution in [2.45, 2.75) is 316 Å². The SMILES string of the molecule is CC/C=C\C/C=C\C/C=C\C/C=C\C/C=C\CC(=O)OC(COC(=O)CCCCCCCCC/C=C\C/C=C\C/C=C\CC)COP(=O)(O)OCC(O)COP(=O)(O)OCC(COC(=O)CCCCCCCCC/C=C\C/C=C\C/C=C\CC)OC(=O)CCCCCCCCCCCCC. The van der Waals surface area contributed by atoms with Gasteiger partial charge in [0.05, 0.1) is 32.8 Å². The number of phosphoric ester groups is 2. The van der Waals surface area contributed by atoms with E-state index in [1.165, 1.54) is 38.5 Å². The van der Waals surface area contributed by atoms with Gasteiger partial charge in [0.2, 0.25) is 0 Å². The van der Waals surface area contributed by atoms with Crippen LogP contribution < -0.4 is 0 Å². The van der Waals surface area contributed by atoms with Crippen molar-refractivity contribution in [1.29, 1.82) is 0 Å². The van der Waals surface area contributed by atoms with Crippen molar-refractivity contribution in [1.82, 2.24) is 0 Å². The maximum atomic E-state index is 13.1. The molecule has 0 radical (unpaired) electrons. The first-order valence-electron chi connectivity index (χ1n) is 38.4. The Bertz CT molecular complexity index is 2420. The van der Waals surface area contributed by atoms with Crippen LogP contribution in [0.25, 0.3) is 0 Å². The Labute approximate surface area is 605 Å². The van der Waals surface area contributed by atoms with Crippen LogP contribution >= 0.6 is 15.6 Å². The average Bonchev–Trinajstić information content (AvgIpc) is 1.02. The monoisotopic (exact) mass is 1440 g/mol. The van der Waals surface area contributed by atoms with Crippen molar-refractivity contribution in [3.63, 3.8) is 0 Å². The Kier molecular flexibility index (Phi) is 69.1. The molecular weight excluding hydrogens is 1310 g/mol. The normalized spacial score (nSPS) is 14.7. The van der Waals surface area contributed by atoms with Gasteiger partial charge in [-0.2, -0.15) is 0 Å². The summed E-state index contributed by atoms with van der Waals surface area (Å²) in [6, 6.07) is 0. The molecular formula is C81H136O17P2. The van der Waals surface area contributed by atoms with E-state index in [4.69, 9.17) is 37.0 Å². The van der Waals surface area contributed by atoms with Crippen LogP contribution in [0.4, 0.5) is 0 Å². The van der Waals surface area contributed by atoms with Gasteiger partial charge < -0.3 is 33.8 Å². The van der Waals surface area contributed by atoms with E-state index in [1.54, 1.807) is 12.2 Å². The predicted molar refractivity (Wildman–Crippen MR) is 408 cm³/mol. The standard InChI is InChI=1S/C81H136O17P2/c1-5-9-13-17-21-25-29-32-35-37-40-42-46-49-53-57-61-65-78(83)91-71-76(97-80(85)67-63-59-55-51-45-28-24-20-16-12-8-4)73-95-99(87,88)93-69-75(82)70-94-100(89,90)96-74-77(98-81(86)68-64-60-56-52-48-44-39-34-31-27-23-19-15-11-7-3)72-92-79(84)66-62-58-54-50-47-43-41-38-36-33-30-26-22-18-14-10-6-2/h9-11,13-15,21-23,25-27,32-36,39,48,52,60,64,75-77,82H,5-8,12,16-20,24,28-31,37-38,40-47,49-51,53-59,61-63,65-74H2,1-4H3,(H,87,88)(H,89,90)/b13-9-,14-10-,15-11-,25-21-,26-22-,27-23-,35-32-,36-33-,39-34-,52-48-,64-60-. The molecule has 0 aromatic rings. The minimum absolute atomic E-state index is 0.0902. The van der Waals surface area contributed by atoms with Gasteiger partial charge in [-0.15, -0.1) is 0 Å². The summed E-state index contributed by atoms with van der Waals surface area (Å²) in [6.45, 7) is 4.40. The number of carbonyl (C=O) groups excluding carboxylic acids is 4. The third-order valence-electron chi connectivity index (χ3n) is 15.7. The Hall–Kier alpha value is -4.80. The molecule has 0 aromatic carbocycles. The Balaban J connectivity index is 5.39. The van der Waals surface area contributed by atoms with Gasteiger partial charge in [0.25, 0.3) is 0 Å². The van der Waals surface area contributed by atoms with Gasteiger partial charge in [-0.25, -0.2) is 9.13 Å². The highest BCUT2D eigenvalue weighted by Gasteiger charge is 2.30. The lowest BCUT2D eigenvalue weighted by atomic mass is 10.1. The molecule has 3 N–H and O–H groups in total. The molecule has 17 nitrogen and oxygen atoms in total. The summed E-state index contributed by atoms with van der Waals surface area (Å²) in [7, 11) is -9.99. The molecule has 0 aromatic heterocycles. The van der Waals surface area contributed by atoms with Crippen molar-refractivity contribution in [3.05, 3.63) is 134 Å². The van der Waals surface area contributed by atoms with Crippen LogP contribution in [0.1, 0.15) is 297 Å². The summed E-state index contributed by atoms with van der Waals surface area (Å²) in [4.78, 5) is 72.8.